The van der Waals surface area contributed by atoms with E-state index in [1.165, 1.54) is 0 Å². The Morgan fingerprint density at radius 3 is 2.76 bits per heavy atom. The lowest BCUT2D eigenvalue weighted by molar-refractivity contribution is -0.134. The van der Waals surface area contributed by atoms with E-state index in [1.54, 1.807) is 12.0 Å². The Kier molecular flexibility index (Phi) is 3.59. The molecule has 0 bridgehead atoms. The van der Waals surface area contributed by atoms with Crippen LogP contribution in [0, 0.1) is 0 Å². The quantitative estimate of drug-likeness (QED) is 0.799. The third-order valence-electron chi connectivity index (χ3n) is 3.11. The monoisotopic (exact) mass is 231 g/mol. The van der Waals surface area contributed by atoms with Crippen molar-refractivity contribution in [3.05, 3.63) is 48.2 Å². The zero-order valence-corrected chi connectivity index (χ0v) is 10.1. The normalized spacial score (nSPS) is 20.8. The number of carbonyl (C=O) groups excluding carboxylic acids is 1. The first kappa shape index (κ1) is 11.9. The minimum atomic E-state index is -0.0311. The number of benzene rings is 1. The SMILES string of the molecule is C=C1C(OC)CCC(=O)N1Cc1ccccc1. The first-order chi connectivity index (χ1) is 8.22. The molecular weight excluding hydrogens is 214 g/mol. The van der Waals surface area contributed by atoms with Crippen molar-refractivity contribution < 1.29 is 9.53 Å². The largest absolute Gasteiger partial charge is 0.375 e. The van der Waals surface area contributed by atoms with Gasteiger partial charge in [-0.1, -0.05) is 36.9 Å². The summed E-state index contributed by atoms with van der Waals surface area (Å²) in [5.74, 6) is 0.132. The van der Waals surface area contributed by atoms with Gasteiger partial charge in [0, 0.05) is 19.2 Å². The van der Waals surface area contributed by atoms with Crippen LogP contribution >= 0.6 is 0 Å². The molecule has 1 heterocycles. The molecule has 0 radical (unpaired) electrons. The summed E-state index contributed by atoms with van der Waals surface area (Å²) in [7, 11) is 1.66. The molecule has 1 aliphatic heterocycles. The molecule has 17 heavy (non-hydrogen) atoms. The van der Waals surface area contributed by atoms with Gasteiger partial charge in [-0.15, -0.1) is 0 Å². The number of hydrogen-bond donors (Lipinski definition) is 0. The summed E-state index contributed by atoms with van der Waals surface area (Å²) < 4.78 is 5.33. The first-order valence-electron chi connectivity index (χ1n) is 5.78. The van der Waals surface area contributed by atoms with Crippen molar-refractivity contribution in [3.63, 3.8) is 0 Å². The number of rotatable bonds is 3. The fourth-order valence-corrected chi connectivity index (χ4v) is 2.10. The molecule has 3 heteroatoms. The second-order valence-electron chi connectivity index (χ2n) is 4.22. The Morgan fingerprint density at radius 1 is 1.41 bits per heavy atom. The van der Waals surface area contributed by atoms with Crippen LogP contribution in [0.25, 0.3) is 0 Å². The highest BCUT2D eigenvalue weighted by Crippen LogP contribution is 2.24. The van der Waals surface area contributed by atoms with Crippen molar-refractivity contribution in [1.82, 2.24) is 4.90 Å². The molecule has 1 amide bonds. The van der Waals surface area contributed by atoms with Gasteiger partial charge in [0.1, 0.15) is 0 Å². The van der Waals surface area contributed by atoms with Crippen molar-refractivity contribution in [2.24, 2.45) is 0 Å². The Labute approximate surface area is 102 Å². The van der Waals surface area contributed by atoms with Crippen LogP contribution in [-0.2, 0) is 16.1 Å². The summed E-state index contributed by atoms with van der Waals surface area (Å²) in [5, 5.41) is 0. The molecule has 2 rings (SSSR count). The van der Waals surface area contributed by atoms with Crippen LogP contribution in [0.1, 0.15) is 18.4 Å². The number of amides is 1. The third kappa shape index (κ3) is 2.56. The molecule has 3 nitrogen and oxygen atoms in total. The van der Waals surface area contributed by atoms with E-state index in [-0.39, 0.29) is 12.0 Å². The molecule has 1 fully saturated rings. The summed E-state index contributed by atoms with van der Waals surface area (Å²) in [6.07, 6.45) is 1.24. The van der Waals surface area contributed by atoms with Crippen LogP contribution in [0.5, 0.6) is 0 Å². The van der Waals surface area contributed by atoms with Crippen LogP contribution in [0.15, 0.2) is 42.6 Å². The number of nitrogens with zero attached hydrogens (tertiary/aromatic N) is 1. The van der Waals surface area contributed by atoms with Gasteiger partial charge in [0.15, 0.2) is 0 Å². The Hall–Kier alpha value is -1.61. The summed E-state index contributed by atoms with van der Waals surface area (Å²) in [4.78, 5) is 13.6. The second-order valence-corrected chi connectivity index (χ2v) is 4.22. The topological polar surface area (TPSA) is 29.5 Å². The van der Waals surface area contributed by atoms with E-state index in [0.29, 0.717) is 13.0 Å². The smallest absolute Gasteiger partial charge is 0.227 e. The maximum atomic E-state index is 11.9. The molecule has 1 unspecified atom stereocenters. The first-order valence-corrected chi connectivity index (χ1v) is 5.78. The highest BCUT2D eigenvalue weighted by atomic mass is 16.5. The molecule has 0 spiro atoms. The summed E-state index contributed by atoms with van der Waals surface area (Å²) >= 11 is 0. The van der Waals surface area contributed by atoms with E-state index >= 15 is 0 Å². The minimum Gasteiger partial charge on any atom is -0.375 e. The highest BCUT2D eigenvalue weighted by Gasteiger charge is 2.29. The zero-order chi connectivity index (χ0) is 12.3. The second kappa shape index (κ2) is 5.15. The van der Waals surface area contributed by atoms with Crippen molar-refractivity contribution in [2.45, 2.75) is 25.5 Å². The van der Waals surface area contributed by atoms with E-state index in [0.717, 1.165) is 17.7 Å². The lowest BCUT2D eigenvalue weighted by Gasteiger charge is -2.34. The number of ether oxygens (including phenoxy) is 1. The predicted molar refractivity (Wildman–Crippen MR) is 66.2 cm³/mol. The van der Waals surface area contributed by atoms with Crippen LogP contribution in [0.4, 0.5) is 0 Å². The van der Waals surface area contributed by atoms with E-state index in [9.17, 15) is 4.79 Å². The van der Waals surface area contributed by atoms with Crippen molar-refractivity contribution in [2.75, 3.05) is 7.11 Å². The number of piperidine rings is 1. The van der Waals surface area contributed by atoms with E-state index in [1.807, 2.05) is 30.3 Å². The Morgan fingerprint density at radius 2 is 2.12 bits per heavy atom. The van der Waals surface area contributed by atoms with Crippen LogP contribution < -0.4 is 0 Å². The van der Waals surface area contributed by atoms with E-state index in [4.69, 9.17) is 4.74 Å². The fourth-order valence-electron chi connectivity index (χ4n) is 2.10. The average molecular weight is 231 g/mol. The van der Waals surface area contributed by atoms with Crippen molar-refractivity contribution in [1.29, 1.82) is 0 Å². The number of methoxy groups -OCH3 is 1. The lowest BCUT2D eigenvalue weighted by Crippen LogP contribution is -2.40. The van der Waals surface area contributed by atoms with Gasteiger partial charge in [0.2, 0.25) is 5.91 Å². The molecule has 0 aromatic heterocycles. The molecule has 1 saturated heterocycles. The zero-order valence-electron chi connectivity index (χ0n) is 10.1. The standard InChI is InChI=1S/C14H17NO2/c1-11-13(17-2)8-9-14(16)15(11)10-12-6-4-3-5-7-12/h3-7,13H,1,8-10H2,2H3. The molecule has 0 saturated carbocycles. The van der Waals surface area contributed by atoms with Gasteiger partial charge in [0.25, 0.3) is 0 Å². The molecule has 1 atom stereocenters. The van der Waals surface area contributed by atoms with Gasteiger partial charge in [-0.3, -0.25) is 4.79 Å². The van der Waals surface area contributed by atoms with Gasteiger partial charge >= 0.3 is 0 Å². The summed E-state index contributed by atoms with van der Waals surface area (Å²) in [6, 6.07) is 9.93. The maximum absolute atomic E-state index is 11.9. The summed E-state index contributed by atoms with van der Waals surface area (Å²) in [6.45, 7) is 4.56. The van der Waals surface area contributed by atoms with Gasteiger partial charge < -0.3 is 9.64 Å². The molecule has 0 aliphatic carbocycles. The van der Waals surface area contributed by atoms with Crippen LogP contribution in [-0.4, -0.2) is 24.0 Å². The van der Waals surface area contributed by atoms with Crippen LogP contribution in [0.3, 0.4) is 0 Å². The maximum Gasteiger partial charge on any atom is 0.227 e. The lowest BCUT2D eigenvalue weighted by atomic mass is 10.0. The van der Waals surface area contributed by atoms with Crippen LogP contribution in [0.2, 0.25) is 0 Å². The number of likely N-dealkylation sites (tertiary alicyclic amines) is 1. The average Bonchev–Trinajstić information content (AvgIpc) is 2.36. The fraction of sp³-hybridized carbons (Fsp3) is 0.357. The molecule has 90 valence electrons. The third-order valence-corrected chi connectivity index (χ3v) is 3.11. The molecule has 1 aromatic carbocycles. The molecule has 1 aromatic rings. The van der Waals surface area contributed by atoms with Gasteiger partial charge in [-0.05, 0) is 12.0 Å². The molecule has 1 aliphatic rings. The van der Waals surface area contributed by atoms with Crippen molar-refractivity contribution >= 4 is 5.91 Å². The van der Waals surface area contributed by atoms with Gasteiger partial charge in [0.05, 0.1) is 12.6 Å². The Balaban J connectivity index is 2.13. The molecular formula is C14H17NO2. The van der Waals surface area contributed by atoms with E-state index < -0.39 is 0 Å². The van der Waals surface area contributed by atoms with E-state index in [2.05, 4.69) is 6.58 Å². The van der Waals surface area contributed by atoms with Crippen molar-refractivity contribution in [3.8, 4) is 0 Å². The Bertz CT molecular complexity index is 413. The predicted octanol–water partition coefficient (Wildman–Crippen LogP) is 2.34. The summed E-state index contributed by atoms with van der Waals surface area (Å²) in [5.41, 5.74) is 1.88. The van der Waals surface area contributed by atoms with Gasteiger partial charge in [-0.25, -0.2) is 0 Å². The minimum absolute atomic E-state index is 0.0311. The molecule has 0 N–H and O–H groups in total. The highest BCUT2D eigenvalue weighted by molar-refractivity contribution is 5.79. The van der Waals surface area contributed by atoms with Gasteiger partial charge in [-0.2, -0.15) is 0 Å². The number of carbonyl (C=O) groups is 1. The number of hydrogen-bond acceptors (Lipinski definition) is 2.